The summed E-state index contributed by atoms with van der Waals surface area (Å²) in [6.45, 7) is 6.68. The van der Waals surface area contributed by atoms with Gasteiger partial charge in [0.15, 0.2) is 0 Å². The number of likely N-dealkylation sites (N-methyl/N-ethyl adjacent to an activating group) is 1. The molecule has 2 fully saturated rings. The zero-order valence-corrected chi connectivity index (χ0v) is 7.18. The van der Waals surface area contributed by atoms with Crippen molar-refractivity contribution in [2.45, 2.75) is 6.04 Å². The standard InChI is InChI=1S/C8H17N2O/c1-10-3-2-9-6-8(10)7-11-5-4-10/h8-9H,2-7H2,1H3/q+1. The predicted molar refractivity (Wildman–Crippen MR) is 43.4 cm³/mol. The first-order valence-corrected chi connectivity index (χ1v) is 4.44. The fraction of sp³-hybridized carbons (Fsp3) is 1.00. The number of rotatable bonds is 0. The Morgan fingerprint density at radius 2 is 2.36 bits per heavy atom. The maximum absolute atomic E-state index is 5.45. The van der Waals surface area contributed by atoms with Crippen molar-refractivity contribution in [2.75, 3.05) is 46.4 Å². The molecular formula is C8H17N2O+. The number of quaternary nitrogens is 1. The Kier molecular flexibility index (Phi) is 1.87. The second-order valence-electron chi connectivity index (χ2n) is 3.86. The van der Waals surface area contributed by atoms with Gasteiger partial charge in [-0.05, 0) is 0 Å². The molecule has 0 aliphatic carbocycles. The normalized spacial score (nSPS) is 45.0. The largest absolute Gasteiger partial charge is 0.369 e. The highest BCUT2D eigenvalue weighted by Gasteiger charge is 2.37. The van der Waals surface area contributed by atoms with Crippen molar-refractivity contribution in [3.8, 4) is 0 Å². The number of nitrogens with one attached hydrogen (secondary N) is 1. The van der Waals surface area contributed by atoms with Gasteiger partial charge in [-0.3, -0.25) is 0 Å². The molecule has 2 rings (SSSR count). The van der Waals surface area contributed by atoms with E-state index in [1.807, 2.05) is 0 Å². The smallest absolute Gasteiger partial charge is 0.125 e. The van der Waals surface area contributed by atoms with Crippen LogP contribution in [0.2, 0.25) is 0 Å². The van der Waals surface area contributed by atoms with E-state index in [9.17, 15) is 0 Å². The molecule has 0 aromatic rings. The molecule has 0 aromatic heterocycles. The topological polar surface area (TPSA) is 21.3 Å². The fourth-order valence-corrected chi connectivity index (χ4v) is 2.03. The molecule has 1 N–H and O–H groups in total. The van der Waals surface area contributed by atoms with Gasteiger partial charge in [0.05, 0.1) is 26.7 Å². The third kappa shape index (κ3) is 1.28. The first kappa shape index (κ1) is 7.53. The van der Waals surface area contributed by atoms with Crippen molar-refractivity contribution in [1.29, 1.82) is 0 Å². The summed E-state index contributed by atoms with van der Waals surface area (Å²) in [5.74, 6) is 0. The van der Waals surface area contributed by atoms with E-state index in [4.69, 9.17) is 4.74 Å². The van der Waals surface area contributed by atoms with Crippen LogP contribution >= 0.6 is 0 Å². The zero-order chi connectivity index (χ0) is 7.73. The summed E-state index contributed by atoms with van der Waals surface area (Å²) in [4.78, 5) is 0. The molecule has 0 amide bonds. The molecule has 64 valence electrons. The summed E-state index contributed by atoms with van der Waals surface area (Å²) in [5.41, 5.74) is 0. The maximum atomic E-state index is 5.45. The zero-order valence-electron chi connectivity index (χ0n) is 7.18. The fourth-order valence-electron chi connectivity index (χ4n) is 2.03. The number of piperazine rings is 1. The van der Waals surface area contributed by atoms with Crippen LogP contribution in [0, 0.1) is 0 Å². The van der Waals surface area contributed by atoms with E-state index < -0.39 is 0 Å². The molecule has 2 saturated heterocycles. The maximum Gasteiger partial charge on any atom is 0.125 e. The van der Waals surface area contributed by atoms with Gasteiger partial charge in [-0.1, -0.05) is 0 Å². The molecule has 3 nitrogen and oxygen atoms in total. The van der Waals surface area contributed by atoms with Gasteiger partial charge in [0.2, 0.25) is 0 Å². The Hall–Kier alpha value is -0.120. The Balaban J connectivity index is 2.06. The molecule has 2 unspecified atom stereocenters. The summed E-state index contributed by atoms with van der Waals surface area (Å²) < 4.78 is 6.68. The van der Waals surface area contributed by atoms with Gasteiger partial charge in [0, 0.05) is 6.54 Å². The minimum absolute atomic E-state index is 0.706. The summed E-state index contributed by atoms with van der Waals surface area (Å²) in [6, 6.07) is 0.706. The molecule has 2 heterocycles. The van der Waals surface area contributed by atoms with Crippen LogP contribution in [0.25, 0.3) is 0 Å². The van der Waals surface area contributed by atoms with Crippen LogP contribution in [0.3, 0.4) is 0 Å². The van der Waals surface area contributed by atoms with Gasteiger partial charge < -0.3 is 14.5 Å². The van der Waals surface area contributed by atoms with Crippen molar-refractivity contribution in [1.82, 2.24) is 5.32 Å². The average Bonchev–Trinajstić information content (AvgIpc) is 2.03. The molecule has 2 aliphatic heterocycles. The number of morpholine rings is 1. The molecule has 0 aromatic carbocycles. The van der Waals surface area contributed by atoms with E-state index in [1.54, 1.807) is 0 Å². The van der Waals surface area contributed by atoms with Crippen molar-refractivity contribution in [2.24, 2.45) is 0 Å². The van der Waals surface area contributed by atoms with Crippen molar-refractivity contribution in [3.05, 3.63) is 0 Å². The first-order valence-electron chi connectivity index (χ1n) is 4.44. The van der Waals surface area contributed by atoms with Gasteiger partial charge in [0.25, 0.3) is 0 Å². The highest BCUT2D eigenvalue weighted by molar-refractivity contribution is 4.70. The molecule has 0 saturated carbocycles. The molecule has 0 radical (unpaired) electrons. The lowest BCUT2D eigenvalue weighted by molar-refractivity contribution is -0.942. The summed E-state index contributed by atoms with van der Waals surface area (Å²) in [6.07, 6.45) is 0. The van der Waals surface area contributed by atoms with E-state index in [1.165, 1.54) is 24.1 Å². The van der Waals surface area contributed by atoms with E-state index >= 15 is 0 Å². The van der Waals surface area contributed by atoms with Crippen LogP contribution in [0.4, 0.5) is 0 Å². The monoisotopic (exact) mass is 157 g/mol. The number of hydrogen-bond donors (Lipinski definition) is 1. The van der Waals surface area contributed by atoms with E-state index in [0.29, 0.717) is 6.04 Å². The lowest BCUT2D eigenvalue weighted by atomic mass is 10.1. The van der Waals surface area contributed by atoms with E-state index in [2.05, 4.69) is 12.4 Å². The summed E-state index contributed by atoms with van der Waals surface area (Å²) >= 11 is 0. The molecular weight excluding hydrogens is 140 g/mol. The second-order valence-corrected chi connectivity index (χ2v) is 3.86. The minimum atomic E-state index is 0.706. The van der Waals surface area contributed by atoms with Crippen LogP contribution in [0.5, 0.6) is 0 Å². The van der Waals surface area contributed by atoms with Gasteiger partial charge in [-0.2, -0.15) is 0 Å². The third-order valence-corrected chi connectivity index (χ3v) is 3.12. The van der Waals surface area contributed by atoms with Crippen LogP contribution in [-0.4, -0.2) is 57.0 Å². The lowest BCUT2D eigenvalue weighted by Gasteiger charge is -2.47. The Morgan fingerprint density at radius 3 is 3.18 bits per heavy atom. The van der Waals surface area contributed by atoms with Gasteiger partial charge in [-0.25, -0.2) is 0 Å². The molecule has 2 aliphatic rings. The highest BCUT2D eigenvalue weighted by atomic mass is 16.5. The molecule has 3 heteroatoms. The highest BCUT2D eigenvalue weighted by Crippen LogP contribution is 2.16. The summed E-state index contributed by atoms with van der Waals surface area (Å²) in [7, 11) is 2.36. The van der Waals surface area contributed by atoms with Crippen molar-refractivity contribution < 1.29 is 9.22 Å². The van der Waals surface area contributed by atoms with E-state index in [-0.39, 0.29) is 0 Å². The number of fused-ring (bicyclic) bond motifs is 1. The van der Waals surface area contributed by atoms with Crippen LogP contribution in [0.15, 0.2) is 0 Å². The third-order valence-electron chi connectivity index (χ3n) is 3.12. The Labute approximate surface area is 67.9 Å². The second kappa shape index (κ2) is 2.73. The van der Waals surface area contributed by atoms with E-state index in [0.717, 1.165) is 19.8 Å². The van der Waals surface area contributed by atoms with Crippen LogP contribution in [-0.2, 0) is 4.74 Å². The SMILES string of the molecule is C[N+]12CCNCC1COCC2. The van der Waals surface area contributed by atoms with Gasteiger partial charge in [0.1, 0.15) is 19.2 Å². The summed E-state index contributed by atoms with van der Waals surface area (Å²) in [5, 5.41) is 3.41. The molecule has 0 bridgehead atoms. The molecule has 0 spiro atoms. The number of hydrogen-bond acceptors (Lipinski definition) is 2. The average molecular weight is 157 g/mol. The molecule has 11 heavy (non-hydrogen) atoms. The quantitative estimate of drug-likeness (QED) is 0.476. The molecule has 2 atom stereocenters. The number of ether oxygens (including phenoxy) is 1. The van der Waals surface area contributed by atoms with Gasteiger partial charge >= 0.3 is 0 Å². The lowest BCUT2D eigenvalue weighted by Crippen LogP contribution is -2.67. The first-order chi connectivity index (χ1) is 5.31. The Morgan fingerprint density at radius 1 is 1.45 bits per heavy atom. The van der Waals surface area contributed by atoms with Crippen molar-refractivity contribution in [3.63, 3.8) is 0 Å². The minimum Gasteiger partial charge on any atom is -0.369 e. The number of nitrogens with zero attached hydrogens (tertiary/aromatic N) is 1. The van der Waals surface area contributed by atoms with Crippen LogP contribution < -0.4 is 5.32 Å². The van der Waals surface area contributed by atoms with Crippen LogP contribution in [0.1, 0.15) is 0 Å². The van der Waals surface area contributed by atoms with Gasteiger partial charge in [-0.15, -0.1) is 0 Å². The predicted octanol–water partition coefficient (Wildman–Crippen LogP) is -0.565. The van der Waals surface area contributed by atoms with Crippen molar-refractivity contribution >= 4 is 0 Å². The Bertz CT molecular complexity index is 137.